The summed E-state index contributed by atoms with van der Waals surface area (Å²) in [5.41, 5.74) is 2.61. The zero-order valence-corrected chi connectivity index (χ0v) is 15.9. The minimum Gasteiger partial charge on any atom is -0.497 e. The predicted molar refractivity (Wildman–Crippen MR) is 107 cm³/mol. The van der Waals surface area contributed by atoms with Crippen molar-refractivity contribution < 1.29 is 14.3 Å². The van der Waals surface area contributed by atoms with Crippen LogP contribution in [-0.2, 0) is 11.2 Å². The van der Waals surface area contributed by atoms with Crippen molar-refractivity contribution in [3.63, 3.8) is 0 Å². The Labute approximate surface area is 163 Å². The van der Waals surface area contributed by atoms with Crippen LogP contribution in [0.4, 0.5) is 0 Å². The molecule has 0 saturated carbocycles. The van der Waals surface area contributed by atoms with Gasteiger partial charge in [-0.1, -0.05) is 30.3 Å². The van der Waals surface area contributed by atoms with E-state index >= 15 is 0 Å². The van der Waals surface area contributed by atoms with Crippen molar-refractivity contribution in [2.24, 2.45) is 0 Å². The Morgan fingerprint density at radius 1 is 0.964 bits per heavy atom. The molecule has 144 valence electrons. The van der Waals surface area contributed by atoms with Gasteiger partial charge in [0.15, 0.2) is 0 Å². The molecule has 0 spiro atoms. The third-order valence-electron chi connectivity index (χ3n) is 5.25. The molecule has 4 rings (SSSR count). The summed E-state index contributed by atoms with van der Waals surface area (Å²) in [6, 6.07) is 15.3. The molecule has 2 heterocycles. The fourth-order valence-electron chi connectivity index (χ4n) is 3.61. The predicted octanol–water partition coefficient (Wildman–Crippen LogP) is 2.70. The topological polar surface area (TPSA) is 65.6 Å². The smallest absolute Gasteiger partial charge is 0.256 e. The van der Waals surface area contributed by atoms with Gasteiger partial charge in [-0.05, 0) is 23.8 Å². The molecule has 0 unspecified atom stereocenters. The quantitative estimate of drug-likeness (QED) is 0.760. The molecule has 3 aromatic rings. The maximum atomic E-state index is 12.9. The molecular weight excluding hydrogens is 354 g/mol. The SMILES string of the molecule is COc1ccc(CC(=O)N2CCN(C(=O)c3c[nH]c4ccccc34)CC2)cc1. The van der Waals surface area contributed by atoms with Crippen molar-refractivity contribution in [2.75, 3.05) is 33.3 Å². The number of fused-ring (bicyclic) bond motifs is 1. The molecule has 28 heavy (non-hydrogen) atoms. The largest absolute Gasteiger partial charge is 0.497 e. The number of carbonyl (C=O) groups excluding carboxylic acids is 2. The molecule has 1 N–H and O–H groups in total. The van der Waals surface area contributed by atoms with Crippen LogP contribution in [-0.4, -0.2) is 59.9 Å². The number of hydrogen-bond acceptors (Lipinski definition) is 3. The average molecular weight is 377 g/mol. The summed E-state index contributed by atoms with van der Waals surface area (Å²) < 4.78 is 5.15. The Morgan fingerprint density at radius 3 is 2.36 bits per heavy atom. The van der Waals surface area contributed by atoms with Crippen molar-refractivity contribution in [1.29, 1.82) is 0 Å². The highest BCUT2D eigenvalue weighted by Gasteiger charge is 2.26. The molecule has 1 aromatic heterocycles. The first-order chi connectivity index (χ1) is 13.7. The number of carbonyl (C=O) groups is 2. The lowest BCUT2D eigenvalue weighted by Gasteiger charge is -2.34. The van der Waals surface area contributed by atoms with E-state index in [9.17, 15) is 9.59 Å². The van der Waals surface area contributed by atoms with E-state index in [-0.39, 0.29) is 11.8 Å². The van der Waals surface area contributed by atoms with E-state index in [2.05, 4.69) is 4.98 Å². The third-order valence-corrected chi connectivity index (χ3v) is 5.25. The molecule has 1 aliphatic rings. The highest BCUT2D eigenvalue weighted by Crippen LogP contribution is 2.20. The molecule has 0 aliphatic carbocycles. The van der Waals surface area contributed by atoms with Crippen LogP contribution in [0.2, 0.25) is 0 Å². The van der Waals surface area contributed by atoms with Gasteiger partial charge in [-0.15, -0.1) is 0 Å². The van der Waals surface area contributed by atoms with E-state index in [1.54, 1.807) is 13.3 Å². The minimum atomic E-state index is 0.0136. The van der Waals surface area contributed by atoms with E-state index in [0.29, 0.717) is 38.2 Å². The maximum absolute atomic E-state index is 12.9. The summed E-state index contributed by atoms with van der Waals surface area (Å²) in [6.07, 6.45) is 2.13. The molecule has 0 atom stereocenters. The minimum absolute atomic E-state index is 0.0136. The van der Waals surface area contributed by atoms with E-state index in [1.807, 2.05) is 58.3 Å². The second-order valence-electron chi connectivity index (χ2n) is 6.95. The van der Waals surface area contributed by atoms with Gasteiger partial charge in [0.25, 0.3) is 5.91 Å². The number of aromatic nitrogens is 1. The molecule has 1 aliphatic heterocycles. The van der Waals surface area contributed by atoms with Gasteiger partial charge in [0.1, 0.15) is 5.75 Å². The number of piperazine rings is 1. The summed E-state index contributed by atoms with van der Waals surface area (Å²) in [5.74, 6) is 0.879. The lowest BCUT2D eigenvalue weighted by atomic mass is 10.1. The number of H-pyrrole nitrogens is 1. The molecule has 0 radical (unpaired) electrons. The number of rotatable bonds is 4. The molecule has 2 aromatic carbocycles. The number of para-hydroxylation sites is 1. The number of nitrogens with zero attached hydrogens (tertiary/aromatic N) is 2. The van der Waals surface area contributed by atoms with Gasteiger partial charge in [-0.25, -0.2) is 0 Å². The molecule has 0 bridgehead atoms. The van der Waals surface area contributed by atoms with Crippen molar-refractivity contribution in [1.82, 2.24) is 14.8 Å². The fraction of sp³-hybridized carbons (Fsp3) is 0.273. The maximum Gasteiger partial charge on any atom is 0.256 e. The standard InChI is InChI=1S/C22H23N3O3/c1-28-17-8-6-16(7-9-17)14-21(26)24-10-12-25(13-11-24)22(27)19-15-23-20-5-3-2-4-18(19)20/h2-9,15,23H,10-14H2,1H3. The van der Waals surface area contributed by atoms with Gasteiger partial charge in [-0.2, -0.15) is 0 Å². The van der Waals surface area contributed by atoms with Crippen LogP contribution in [0.5, 0.6) is 5.75 Å². The van der Waals surface area contributed by atoms with E-state index in [1.165, 1.54) is 0 Å². The van der Waals surface area contributed by atoms with Gasteiger partial charge in [0.05, 0.1) is 19.1 Å². The Morgan fingerprint density at radius 2 is 1.64 bits per heavy atom. The van der Waals surface area contributed by atoms with Crippen LogP contribution < -0.4 is 4.74 Å². The monoisotopic (exact) mass is 377 g/mol. The number of amides is 2. The Bertz CT molecular complexity index is 986. The van der Waals surface area contributed by atoms with Crippen molar-refractivity contribution in [3.05, 3.63) is 65.9 Å². The Hall–Kier alpha value is -3.28. The highest BCUT2D eigenvalue weighted by atomic mass is 16.5. The summed E-state index contributed by atoms with van der Waals surface area (Å²) in [7, 11) is 1.62. The summed E-state index contributed by atoms with van der Waals surface area (Å²) in [6.45, 7) is 2.21. The van der Waals surface area contributed by atoms with Crippen LogP contribution in [0.25, 0.3) is 10.9 Å². The van der Waals surface area contributed by atoms with Crippen molar-refractivity contribution >= 4 is 22.7 Å². The first kappa shape index (κ1) is 18.1. The molecular formula is C22H23N3O3. The van der Waals surface area contributed by atoms with Crippen molar-refractivity contribution in [2.45, 2.75) is 6.42 Å². The lowest BCUT2D eigenvalue weighted by Crippen LogP contribution is -2.51. The van der Waals surface area contributed by atoms with Gasteiger partial charge < -0.3 is 19.5 Å². The van der Waals surface area contributed by atoms with Crippen LogP contribution in [0, 0.1) is 0 Å². The van der Waals surface area contributed by atoms with Crippen LogP contribution >= 0.6 is 0 Å². The summed E-state index contributed by atoms with van der Waals surface area (Å²) in [4.78, 5) is 32.3. The van der Waals surface area contributed by atoms with Crippen LogP contribution in [0.15, 0.2) is 54.7 Å². The number of nitrogens with one attached hydrogen (secondary N) is 1. The molecule has 1 saturated heterocycles. The second-order valence-corrected chi connectivity index (χ2v) is 6.95. The average Bonchev–Trinajstić information content (AvgIpc) is 3.18. The number of benzene rings is 2. The van der Waals surface area contributed by atoms with Gasteiger partial charge in [0.2, 0.25) is 5.91 Å². The highest BCUT2D eigenvalue weighted by molar-refractivity contribution is 6.06. The van der Waals surface area contributed by atoms with Gasteiger partial charge in [-0.3, -0.25) is 9.59 Å². The lowest BCUT2D eigenvalue weighted by molar-refractivity contribution is -0.131. The normalized spacial score (nSPS) is 14.3. The van der Waals surface area contributed by atoms with Gasteiger partial charge in [0, 0.05) is 43.3 Å². The molecule has 6 nitrogen and oxygen atoms in total. The first-order valence-electron chi connectivity index (χ1n) is 9.42. The van der Waals surface area contributed by atoms with E-state index < -0.39 is 0 Å². The van der Waals surface area contributed by atoms with Gasteiger partial charge >= 0.3 is 0 Å². The molecule has 1 fully saturated rings. The van der Waals surface area contributed by atoms with Crippen molar-refractivity contribution in [3.8, 4) is 5.75 Å². The Balaban J connectivity index is 1.36. The fourth-order valence-corrected chi connectivity index (χ4v) is 3.61. The van der Waals surface area contributed by atoms with Crippen LogP contribution in [0.3, 0.4) is 0 Å². The molecule has 6 heteroatoms. The number of ether oxygens (including phenoxy) is 1. The van der Waals surface area contributed by atoms with Crippen LogP contribution in [0.1, 0.15) is 15.9 Å². The Kier molecular flexibility index (Phi) is 5.02. The zero-order chi connectivity index (χ0) is 19.5. The summed E-state index contributed by atoms with van der Waals surface area (Å²) >= 11 is 0. The van der Waals surface area contributed by atoms with E-state index in [4.69, 9.17) is 4.74 Å². The summed E-state index contributed by atoms with van der Waals surface area (Å²) in [5, 5.41) is 0.936. The number of hydrogen-bond donors (Lipinski definition) is 1. The zero-order valence-electron chi connectivity index (χ0n) is 15.9. The third kappa shape index (κ3) is 3.58. The first-order valence-corrected chi connectivity index (χ1v) is 9.42. The number of aromatic amines is 1. The number of methoxy groups -OCH3 is 1. The second kappa shape index (κ2) is 7.76. The van der Waals surface area contributed by atoms with E-state index in [0.717, 1.165) is 22.2 Å². The molecule has 2 amide bonds.